The fraction of sp³-hybridized carbons (Fsp3) is 0.385. The minimum Gasteiger partial charge on any atom is -0.361 e. The van der Waals surface area contributed by atoms with Crippen molar-refractivity contribution in [2.24, 2.45) is 0 Å². The maximum atomic E-state index is 12.2. The highest BCUT2D eigenvalue weighted by Gasteiger charge is 2.16. The summed E-state index contributed by atoms with van der Waals surface area (Å²) in [5.41, 5.74) is 0.839. The van der Waals surface area contributed by atoms with Crippen molar-refractivity contribution in [1.82, 2.24) is 9.55 Å². The van der Waals surface area contributed by atoms with Crippen LogP contribution in [0, 0.1) is 0 Å². The highest BCUT2D eigenvalue weighted by Crippen LogP contribution is 2.11. The Morgan fingerprint density at radius 2 is 2.22 bits per heavy atom. The topological polar surface area (TPSA) is 46.9 Å². The van der Waals surface area contributed by atoms with Gasteiger partial charge in [0.2, 0.25) is 0 Å². The largest absolute Gasteiger partial charge is 0.361 e. The lowest BCUT2D eigenvalue weighted by atomic mass is 10.1. The van der Waals surface area contributed by atoms with Crippen LogP contribution in [0.15, 0.2) is 34.0 Å². The first-order valence-corrected chi connectivity index (χ1v) is 6.76. The average molecular weight is 263 g/mol. The molecule has 0 spiro atoms. The number of thiophene rings is 1. The van der Waals surface area contributed by atoms with Gasteiger partial charge in [-0.05, 0) is 43.2 Å². The molecule has 0 unspecified atom stereocenters. The molecule has 18 heavy (non-hydrogen) atoms. The zero-order valence-electron chi connectivity index (χ0n) is 10.8. The van der Waals surface area contributed by atoms with Crippen molar-refractivity contribution in [1.29, 1.82) is 0 Å². The third kappa shape index (κ3) is 2.79. The van der Waals surface area contributed by atoms with Gasteiger partial charge in [0.05, 0.1) is 0 Å². The van der Waals surface area contributed by atoms with Crippen LogP contribution in [0.3, 0.4) is 0 Å². The second-order valence-corrected chi connectivity index (χ2v) is 5.89. The van der Waals surface area contributed by atoms with Gasteiger partial charge in [-0.3, -0.25) is 4.79 Å². The summed E-state index contributed by atoms with van der Waals surface area (Å²) >= 11 is 1.64. The summed E-state index contributed by atoms with van der Waals surface area (Å²) in [6.07, 6.45) is 3.38. The Morgan fingerprint density at radius 1 is 1.44 bits per heavy atom. The first-order valence-electron chi connectivity index (χ1n) is 5.81. The number of aromatic nitrogens is 2. The highest BCUT2D eigenvalue weighted by molar-refractivity contribution is 7.07. The number of nitrogens with one attached hydrogen (secondary N) is 1. The summed E-state index contributed by atoms with van der Waals surface area (Å²) in [6.45, 7) is 6.62. The summed E-state index contributed by atoms with van der Waals surface area (Å²) in [4.78, 5) is 16.3. The van der Waals surface area contributed by atoms with E-state index >= 15 is 0 Å². The van der Waals surface area contributed by atoms with Gasteiger partial charge >= 0.3 is 0 Å². The van der Waals surface area contributed by atoms with Crippen LogP contribution in [-0.4, -0.2) is 9.55 Å². The molecule has 2 rings (SSSR count). The van der Waals surface area contributed by atoms with Gasteiger partial charge in [0, 0.05) is 24.5 Å². The van der Waals surface area contributed by atoms with E-state index in [4.69, 9.17) is 0 Å². The molecule has 1 N–H and O–H groups in total. The molecule has 0 saturated heterocycles. The minimum atomic E-state index is -0.237. The molecule has 2 heterocycles. The maximum Gasteiger partial charge on any atom is 0.293 e. The molecule has 0 atom stereocenters. The van der Waals surface area contributed by atoms with Crippen LogP contribution in [0.1, 0.15) is 26.3 Å². The van der Waals surface area contributed by atoms with Crippen molar-refractivity contribution in [3.8, 4) is 0 Å². The SMILES string of the molecule is CC(C)(C)n1ccnc(NCc2ccsc2)c1=O. The van der Waals surface area contributed by atoms with E-state index in [2.05, 4.69) is 15.7 Å². The first kappa shape index (κ1) is 12.8. The first-order chi connectivity index (χ1) is 8.48. The second kappa shape index (κ2) is 4.94. The lowest BCUT2D eigenvalue weighted by Crippen LogP contribution is -2.35. The van der Waals surface area contributed by atoms with E-state index in [1.54, 1.807) is 28.3 Å². The lowest BCUT2D eigenvalue weighted by molar-refractivity contribution is 0.383. The number of hydrogen-bond acceptors (Lipinski definition) is 4. The van der Waals surface area contributed by atoms with Crippen molar-refractivity contribution in [3.05, 3.63) is 45.1 Å². The van der Waals surface area contributed by atoms with E-state index in [0.717, 1.165) is 5.56 Å². The van der Waals surface area contributed by atoms with Crippen LogP contribution < -0.4 is 10.9 Å². The molecule has 0 radical (unpaired) electrons. The predicted molar refractivity (Wildman–Crippen MR) is 75.1 cm³/mol. The molecule has 0 aliphatic rings. The third-order valence-electron chi connectivity index (χ3n) is 2.60. The summed E-state index contributed by atoms with van der Waals surface area (Å²) in [5, 5.41) is 7.16. The van der Waals surface area contributed by atoms with E-state index in [9.17, 15) is 4.79 Å². The van der Waals surface area contributed by atoms with Gasteiger partial charge < -0.3 is 9.88 Å². The molecule has 0 aliphatic heterocycles. The molecular formula is C13H17N3OS. The van der Waals surface area contributed by atoms with Crippen molar-refractivity contribution >= 4 is 17.2 Å². The van der Waals surface area contributed by atoms with E-state index in [1.807, 2.05) is 32.2 Å². The summed E-state index contributed by atoms with van der Waals surface area (Å²) in [5.74, 6) is 0.402. The zero-order chi connectivity index (χ0) is 13.2. The van der Waals surface area contributed by atoms with Crippen LogP contribution >= 0.6 is 11.3 Å². The molecule has 96 valence electrons. The fourth-order valence-corrected chi connectivity index (χ4v) is 2.31. The van der Waals surface area contributed by atoms with Gasteiger partial charge in [0.25, 0.3) is 5.56 Å². The Balaban J connectivity index is 2.22. The number of nitrogens with zero attached hydrogens (tertiary/aromatic N) is 2. The van der Waals surface area contributed by atoms with E-state index in [1.165, 1.54) is 0 Å². The predicted octanol–water partition coefficient (Wildman–Crippen LogP) is 2.67. The van der Waals surface area contributed by atoms with E-state index in [0.29, 0.717) is 12.4 Å². The number of anilines is 1. The van der Waals surface area contributed by atoms with Gasteiger partial charge in [-0.15, -0.1) is 0 Å². The van der Waals surface area contributed by atoms with Crippen LogP contribution in [0.4, 0.5) is 5.82 Å². The van der Waals surface area contributed by atoms with Gasteiger partial charge in [-0.1, -0.05) is 0 Å². The molecule has 0 bridgehead atoms. The second-order valence-electron chi connectivity index (χ2n) is 5.11. The monoisotopic (exact) mass is 263 g/mol. The van der Waals surface area contributed by atoms with Crippen LogP contribution in [0.5, 0.6) is 0 Å². The summed E-state index contributed by atoms with van der Waals surface area (Å²) < 4.78 is 1.69. The number of hydrogen-bond donors (Lipinski definition) is 1. The van der Waals surface area contributed by atoms with Gasteiger partial charge in [0.15, 0.2) is 5.82 Å². The average Bonchev–Trinajstić information content (AvgIpc) is 2.79. The van der Waals surface area contributed by atoms with Crippen molar-refractivity contribution < 1.29 is 0 Å². The Hall–Kier alpha value is -1.62. The van der Waals surface area contributed by atoms with Crippen LogP contribution in [-0.2, 0) is 12.1 Å². The Morgan fingerprint density at radius 3 is 2.83 bits per heavy atom. The van der Waals surface area contributed by atoms with Crippen molar-refractivity contribution in [2.45, 2.75) is 32.9 Å². The Kier molecular flexibility index (Phi) is 3.52. The zero-order valence-corrected chi connectivity index (χ0v) is 11.6. The normalized spacial score (nSPS) is 11.5. The quantitative estimate of drug-likeness (QED) is 0.926. The molecule has 2 aromatic rings. The molecule has 0 saturated carbocycles. The molecular weight excluding hydrogens is 246 g/mol. The van der Waals surface area contributed by atoms with Gasteiger partial charge in [-0.2, -0.15) is 11.3 Å². The van der Waals surface area contributed by atoms with E-state index in [-0.39, 0.29) is 11.1 Å². The summed E-state index contributed by atoms with van der Waals surface area (Å²) in [6, 6.07) is 2.03. The molecule has 5 heteroatoms. The van der Waals surface area contributed by atoms with Crippen molar-refractivity contribution in [2.75, 3.05) is 5.32 Å². The van der Waals surface area contributed by atoms with E-state index < -0.39 is 0 Å². The maximum absolute atomic E-state index is 12.2. The number of rotatable bonds is 3. The Bertz CT molecular complexity index is 567. The third-order valence-corrected chi connectivity index (χ3v) is 3.34. The molecule has 0 fully saturated rings. The highest BCUT2D eigenvalue weighted by atomic mass is 32.1. The standard InChI is InChI=1S/C13H17N3OS/c1-13(2,3)16-6-5-14-11(12(16)17)15-8-10-4-7-18-9-10/h4-7,9H,8H2,1-3H3,(H,14,15). The minimum absolute atomic E-state index is 0.0831. The molecule has 4 nitrogen and oxygen atoms in total. The lowest BCUT2D eigenvalue weighted by Gasteiger charge is -2.22. The molecule has 2 aromatic heterocycles. The molecule has 0 amide bonds. The fourth-order valence-electron chi connectivity index (χ4n) is 1.64. The van der Waals surface area contributed by atoms with Crippen LogP contribution in [0.2, 0.25) is 0 Å². The van der Waals surface area contributed by atoms with Gasteiger partial charge in [-0.25, -0.2) is 4.98 Å². The molecule has 0 aliphatic carbocycles. The smallest absolute Gasteiger partial charge is 0.293 e. The Labute approximate surface area is 110 Å². The van der Waals surface area contributed by atoms with Crippen molar-refractivity contribution in [3.63, 3.8) is 0 Å². The van der Waals surface area contributed by atoms with Gasteiger partial charge in [0.1, 0.15) is 0 Å². The summed E-state index contributed by atoms with van der Waals surface area (Å²) in [7, 11) is 0. The molecule has 0 aromatic carbocycles. The van der Waals surface area contributed by atoms with Crippen LogP contribution in [0.25, 0.3) is 0 Å².